The summed E-state index contributed by atoms with van der Waals surface area (Å²) >= 11 is 0. The van der Waals surface area contributed by atoms with Crippen LogP contribution in [-0.4, -0.2) is 62.4 Å². The van der Waals surface area contributed by atoms with Crippen LogP contribution in [0, 0.1) is 0 Å². The normalized spacial score (nSPS) is 31.0. The quantitative estimate of drug-likeness (QED) is 0.740. The number of ether oxygens (including phenoxy) is 2. The number of morpholine rings is 1. The minimum atomic E-state index is 0.150. The highest BCUT2D eigenvalue weighted by molar-refractivity contribution is 5.77. The predicted molar refractivity (Wildman–Crippen MR) is 63.8 cm³/mol. The highest BCUT2D eigenvalue weighted by Gasteiger charge is 2.23. The van der Waals surface area contributed by atoms with Gasteiger partial charge in [0.15, 0.2) is 0 Å². The van der Waals surface area contributed by atoms with Crippen molar-refractivity contribution in [1.82, 2.24) is 10.2 Å². The zero-order valence-electron chi connectivity index (χ0n) is 10.5. The van der Waals surface area contributed by atoms with Gasteiger partial charge in [-0.05, 0) is 13.3 Å². The van der Waals surface area contributed by atoms with Gasteiger partial charge in [0.05, 0.1) is 19.3 Å². The largest absolute Gasteiger partial charge is 0.378 e. The molecule has 2 aliphatic heterocycles. The number of hydrogen-bond donors (Lipinski definition) is 1. The molecule has 0 aromatic carbocycles. The lowest BCUT2D eigenvalue weighted by atomic mass is 10.1. The van der Waals surface area contributed by atoms with E-state index in [1.165, 1.54) is 0 Å². The topological polar surface area (TPSA) is 50.8 Å². The molecule has 0 bridgehead atoms. The lowest BCUT2D eigenvalue weighted by molar-refractivity contribution is -0.133. The van der Waals surface area contributed by atoms with Crippen LogP contribution in [0.25, 0.3) is 0 Å². The van der Waals surface area contributed by atoms with E-state index < -0.39 is 0 Å². The molecule has 0 aliphatic carbocycles. The van der Waals surface area contributed by atoms with Crippen molar-refractivity contribution in [2.45, 2.75) is 31.9 Å². The van der Waals surface area contributed by atoms with Gasteiger partial charge >= 0.3 is 0 Å². The van der Waals surface area contributed by atoms with E-state index in [2.05, 4.69) is 5.32 Å². The number of nitrogens with one attached hydrogen (secondary N) is 1. The fourth-order valence-corrected chi connectivity index (χ4v) is 2.31. The first-order chi connectivity index (χ1) is 8.25. The van der Waals surface area contributed by atoms with E-state index in [-0.39, 0.29) is 18.1 Å². The lowest BCUT2D eigenvalue weighted by Crippen LogP contribution is -2.46. The van der Waals surface area contributed by atoms with Crippen LogP contribution in [0.15, 0.2) is 0 Å². The van der Waals surface area contributed by atoms with Gasteiger partial charge in [0, 0.05) is 38.7 Å². The van der Waals surface area contributed by atoms with E-state index in [1.54, 1.807) is 0 Å². The molecule has 0 spiro atoms. The maximum Gasteiger partial charge on any atom is 0.224 e. The molecule has 5 heteroatoms. The fourth-order valence-electron chi connectivity index (χ4n) is 2.31. The third-order valence-electron chi connectivity index (χ3n) is 3.22. The van der Waals surface area contributed by atoms with Crippen LogP contribution in [0.4, 0.5) is 0 Å². The summed E-state index contributed by atoms with van der Waals surface area (Å²) < 4.78 is 10.9. The molecule has 2 heterocycles. The molecule has 17 heavy (non-hydrogen) atoms. The third kappa shape index (κ3) is 3.94. The van der Waals surface area contributed by atoms with Gasteiger partial charge in [-0.25, -0.2) is 0 Å². The number of carbonyl (C=O) groups excluding carboxylic acids is 1. The maximum absolute atomic E-state index is 12.1. The molecule has 2 fully saturated rings. The summed E-state index contributed by atoms with van der Waals surface area (Å²) in [5.41, 5.74) is 0. The third-order valence-corrected chi connectivity index (χ3v) is 3.22. The molecule has 0 radical (unpaired) electrons. The van der Waals surface area contributed by atoms with Gasteiger partial charge in [0.2, 0.25) is 5.91 Å². The van der Waals surface area contributed by atoms with Crippen molar-refractivity contribution < 1.29 is 14.3 Å². The van der Waals surface area contributed by atoms with Gasteiger partial charge in [0.25, 0.3) is 0 Å². The molecule has 2 atom stereocenters. The van der Waals surface area contributed by atoms with Gasteiger partial charge < -0.3 is 19.7 Å². The summed E-state index contributed by atoms with van der Waals surface area (Å²) in [7, 11) is 0. The smallest absolute Gasteiger partial charge is 0.224 e. The fraction of sp³-hybridized carbons (Fsp3) is 0.917. The van der Waals surface area contributed by atoms with Crippen molar-refractivity contribution in [3.63, 3.8) is 0 Å². The molecule has 0 aromatic heterocycles. The van der Waals surface area contributed by atoms with E-state index in [4.69, 9.17) is 9.47 Å². The number of nitrogens with zero attached hydrogens (tertiary/aromatic N) is 1. The molecule has 1 amide bonds. The Bertz CT molecular complexity index is 254. The second kappa shape index (κ2) is 6.33. The van der Waals surface area contributed by atoms with Crippen LogP contribution in [0.1, 0.15) is 19.8 Å². The highest BCUT2D eigenvalue weighted by Crippen LogP contribution is 2.09. The molecule has 2 aliphatic rings. The zero-order valence-corrected chi connectivity index (χ0v) is 10.5. The molecule has 98 valence electrons. The SMILES string of the molecule is CC1CN(C(=O)CC2COCCN2)CCCO1. The summed E-state index contributed by atoms with van der Waals surface area (Å²) in [6.45, 7) is 6.55. The monoisotopic (exact) mass is 242 g/mol. The zero-order chi connectivity index (χ0) is 12.1. The molecular formula is C12H22N2O3. The van der Waals surface area contributed by atoms with Crippen LogP contribution in [0.3, 0.4) is 0 Å². The van der Waals surface area contributed by atoms with Crippen LogP contribution >= 0.6 is 0 Å². The Morgan fingerprint density at radius 3 is 3.12 bits per heavy atom. The second-order valence-electron chi connectivity index (χ2n) is 4.80. The van der Waals surface area contributed by atoms with Crippen molar-refractivity contribution in [1.29, 1.82) is 0 Å². The Kier molecular flexibility index (Phi) is 4.76. The van der Waals surface area contributed by atoms with E-state index in [0.29, 0.717) is 19.6 Å². The molecule has 1 N–H and O–H groups in total. The highest BCUT2D eigenvalue weighted by atomic mass is 16.5. The average molecular weight is 242 g/mol. The summed E-state index contributed by atoms with van der Waals surface area (Å²) in [5.74, 6) is 0.213. The Balaban J connectivity index is 1.80. The Morgan fingerprint density at radius 1 is 1.47 bits per heavy atom. The van der Waals surface area contributed by atoms with E-state index in [1.807, 2.05) is 11.8 Å². The Morgan fingerprint density at radius 2 is 2.35 bits per heavy atom. The van der Waals surface area contributed by atoms with E-state index in [9.17, 15) is 4.79 Å². The number of rotatable bonds is 2. The van der Waals surface area contributed by atoms with Gasteiger partial charge in [0.1, 0.15) is 0 Å². The standard InChI is InChI=1S/C12H22N2O3/c1-10-8-14(4-2-5-17-10)12(15)7-11-9-16-6-3-13-11/h10-11,13H,2-9H2,1H3. The summed E-state index contributed by atoms with van der Waals surface area (Å²) in [5, 5.41) is 3.31. The summed E-state index contributed by atoms with van der Waals surface area (Å²) in [4.78, 5) is 14.1. The first-order valence-corrected chi connectivity index (χ1v) is 6.46. The van der Waals surface area contributed by atoms with Crippen LogP contribution in [0.5, 0.6) is 0 Å². The van der Waals surface area contributed by atoms with Crippen molar-refractivity contribution in [3.8, 4) is 0 Å². The Labute approximate surface area is 102 Å². The van der Waals surface area contributed by atoms with Crippen molar-refractivity contribution in [2.24, 2.45) is 0 Å². The van der Waals surface area contributed by atoms with Crippen LogP contribution in [0.2, 0.25) is 0 Å². The average Bonchev–Trinajstić information content (AvgIpc) is 2.55. The first-order valence-electron chi connectivity index (χ1n) is 6.46. The van der Waals surface area contributed by atoms with Gasteiger partial charge in [-0.1, -0.05) is 0 Å². The lowest BCUT2D eigenvalue weighted by Gasteiger charge is -2.27. The van der Waals surface area contributed by atoms with Crippen LogP contribution < -0.4 is 5.32 Å². The number of carbonyl (C=O) groups is 1. The Hall–Kier alpha value is -0.650. The molecule has 2 saturated heterocycles. The van der Waals surface area contributed by atoms with Crippen molar-refractivity contribution >= 4 is 5.91 Å². The van der Waals surface area contributed by atoms with Crippen molar-refractivity contribution in [2.75, 3.05) is 39.5 Å². The maximum atomic E-state index is 12.1. The van der Waals surface area contributed by atoms with Crippen LogP contribution in [-0.2, 0) is 14.3 Å². The number of hydrogen-bond acceptors (Lipinski definition) is 4. The molecule has 0 aromatic rings. The summed E-state index contributed by atoms with van der Waals surface area (Å²) in [6.07, 6.45) is 1.62. The first kappa shape index (κ1) is 12.8. The van der Waals surface area contributed by atoms with Gasteiger partial charge in [-0.15, -0.1) is 0 Å². The molecular weight excluding hydrogens is 220 g/mol. The predicted octanol–water partition coefficient (Wildman–Crippen LogP) is 0.00230. The molecule has 2 rings (SSSR count). The van der Waals surface area contributed by atoms with Crippen molar-refractivity contribution in [3.05, 3.63) is 0 Å². The molecule has 5 nitrogen and oxygen atoms in total. The van der Waals surface area contributed by atoms with E-state index in [0.717, 1.165) is 32.7 Å². The minimum Gasteiger partial charge on any atom is -0.378 e. The molecule has 2 unspecified atom stereocenters. The minimum absolute atomic E-state index is 0.150. The number of amides is 1. The second-order valence-corrected chi connectivity index (χ2v) is 4.80. The van der Waals surface area contributed by atoms with E-state index >= 15 is 0 Å². The molecule has 0 saturated carbocycles. The summed E-state index contributed by atoms with van der Waals surface area (Å²) in [6, 6.07) is 0.177. The van der Waals surface area contributed by atoms with Gasteiger partial charge in [-0.3, -0.25) is 4.79 Å². The van der Waals surface area contributed by atoms with Gasteiger partial charge in [-0.2, -0.15) is 0 Å².